The van der Waals surface area contributed by atoms with Gasteiger partial charge in [0.1, 0.15) is 0 Å². The van der Waals surface area contributed by atoms with Gasteiger partial charge in [0.25, 0.3) is 5.91 Å². The molecule has 1 aromatic heterocycles. The summed E-state index contributed by atoms with van der Waals surface area (Å²) >= 11 is 3.18. The van der Waals surface area contributed by atoms with Crippen molar-refractivity contribution in [3.63, 3.8) is 0 Å². The smallest absolute Gasteiger partial charge is 0.285 e. The summed E-state index contributed by atoms with van der Waals surface area (Å²) in [6, 6.07) is 4.85. The van der Waals surface area contributed by atoms with Crippen LogP contribution in [0.2, 0.25) is 0 Å². The van der Waals surface area contributed by atoms with Crippen molar-refractivity contribution in [1.82, 2.24) is 0 Å². The lowest BCUT2D eigenvalue weighted by molar-refractivity contribution is 0.0975. The maximum absolute atomic E-state index is 10.9. The molecule has 2 aromatic rings. The van der Waals surface area contributed by atoms with Crippen molar-refractivity contribution in [1.29, 1.82) is 0 Å². The van der Waals surface area contributed by atoms with Gasteiger partial charge in [-0.25, -0.2) is 0 Å². The van der Waals surface area contributed by atoms with Crippen molar-refractivity contribution < 1.29 is 14.3 Å². The summed E-state index contributed by atoms with van der Waals surface area (Å²) in [5.74, 6) is -0.676. The van der Waals surface area contributed by atoms with Gasteiger partial charge < -0.3 is 15.3 Å². The zero-order chi connectivity index (χ0) is 10.3. The number of phenols is 1. The van der Waals surface area contributed by atoms with Gasteiger partial charge in [0.2, 0.25) is 5.76 Å². The molecular formula is C9H6BrNO3. The number of benzene rings is 1. The minimum Gasteiger partial charge on any atom is -0.504 e. The van der Waals surface area contributed by atoms with Crippen molar-refractivity contribution in [2.24, 2.45) is 5.73 Å². The third kappa shape index (κ3) is 1.17. The highest BCUT2D eigenvalue weighted by Gasteiger charge is 2.17. The van der Waals surface area contributed by atoms with E-state index in [9.17, 15) is 9.90 Å². The van der Waals surface area contributed by atoms with Crippen molar-refractivity contribution in [2.45, 2.75) is 0 Å². The average Bonchev–Trinajstić information content (AvgIpc) is 2.46. The van der Waals surface area contributed by atoms with Crippen molar-refractivity contribution in [3.8, 4) is 5.75 Å². The van der Waals surface area contributed by atoms with E-state index in [1.165, 1.54) is 6.07 Å². The van der Waals surface area contributed by atoms with E-state index in [1.54, 1.807) is 12.1 Å². The molecule has 0 saturated heterocycles. The van der Waals surface area contributed by atoms with Gasteiger partial charge in [0, 0.05) is 5.39 Å². The molecule has 14 heavy (non-hydrogen) atoms. The van der Waals surface area contributed by atoms with Crippen LogP contribution >= 0.6 is 15.9 Å². The molecule has 0 spiro atoms. The topological polar surface area (TPSA) is 76.5 Å². The molecule has 0 atom stereocenters. The van der Waals surface area contributed by atoms with Crippen LogP contribution in [0.5, 0.6) is 5.75 Å². The number of primary amides is 1. The minimum atomic E-state index is -0.674. The SMILES string of the molecule is NC(=O)c1oc2c(O)cccc2c1Br. The first-order valence-corrected chi connectivity index (χ1v) is 4.60. The maximum Gasteiger partial charge on any atom is 0.285 e. The van der Waals surface area contributed by atoms with Gasteiger partial charge in [0.15, 0.2) is 11.3 Å². The highest BCUT2D eigenvalue weighted by molar-refractivity contribution is 9.10. The molecule has 0 radical (unpaired) electrons. The molecule has 1 aromatic carbocycles. The third-order valence-corrected chi connectivity index (χ3v) is 2.65. The summed E-state index contributed by atoms with van der Waals surface area (Å²) in [6.45, 7) is 0. The van der Waals surface area contributed by atoms with Crippen LogP contribution < -0.4 is 5.73 Å². The Kier molecular flexibility index (Phi) is 1.96. The fourth-order valence-corrected chi connectivity index (χ4v) is 1.82. The Morgan fingerprint density at radius 1 is 1.50 bits per heavy atom. The van der Waals surface area contributed by atoms with E-state index in [0.29, 0.717) is 9.86 Å². The van der Waals surface area contributed by atoms with Crippen molar-refractivity contribution in [3.05, 3.63) is 28.4 Å². The van der Waals surface area contributed by atoms with Gasteiger partial charge in [-0.1, -0.05) is 6.07 Å². The highest BCUT2D eigenvalue weighted by Crippen LogP contribution is 2.35. The van der Waals surface area contributed by atoms with Crippen molar-refractivity contribution in [2.75, 3.05) is 0 Å². The molecule has 4 nitrogen and oxygen atoms in total. The molecule has 0 aliphatic heterocycles. The van der Waals surface area contributed by atoms with E-state index >= 15 is 0 Å². The second kappa shape index (κ2) is 3.02. The summed E-state index contributed by atoms with van der Waals surface area (Å²) in [5, 5.41) is 10.0. The lowest BCUT2D eigenvalue weighted by Crippen LogP contribution is -2.09. The lowest BCUT2D eigenvalue weighted by atomic mass is 10.2. The predicted octanol–water partition coefficient (Wildman–Crippen LogP) is 2.00. The Morgan fingerprint density at radius 2 is 2.21 bits per heavy atom. The maximum atomic E-state index is 10.9. The highest BCUT2D eigenvalue weighted by atomic mass is 79.9. The zero-order valence-corrected chi connectivity index (χ0v) is 8.54. The number of carbonyl (C=O) groups excluding carboxylic acids is 1. The van der Waals surface area contributed by atoms with Gasteiger partial charge in [-0.3, -0.25) is 4.79 Å². The third-order valence-electron chi connectivity index (χ3n) is 1.86. The number of phenolic OH excluding ortho intramolecular Hbond substituents is 1. The summed E-state index contributed by atoms with van der Waals surface area (Å²) in [7, 11) is 0. The average molecular weight is 256 g/mol. The standard InChI is InChI=1S/C9H6BrNO3/c10-6-4-2-1-3-5(12)7(4)14-8(6)9(11)13/h1-3,12H,(H2,11,13). The van der Waals surface area contributed by atoms with Crippen LogP contribution in [0, 0.1) is 0 Å². The van der Waals surface area contributed by atoms with Crippen LogP contribution in [0.1, 0.15) is 10.6 Å². The Hall–Kier alpha value is -1.49. The second-order valence-electron chi connectivity index (χ2n) is 2.76. The van der Waals surface area contributed by atoms with Crippen LogP contribution in [0.3, 0.4) is 0 Å². The van der Waals surface area contributed by atoms with E-state index < -0.39 is 5.91 Å². The minimum absolute atomic E-state index is 0.0153. The largest absolute Gasteiger partial charge is 0.504 e. The van der Waals surface area contributed by atoms with Gasteiger partial charge >= 0.3 is 0 Å². The fourth-order valence-electron chi connectivity index (χ4n) is 1.23. The number of nitrogens with two attached hydrogens (primary N) is 1. The molecule has 72 valence electrons. The Balaban J connectivity index is 2.86. The lowest BCUT2D eigenvalue weighted by Gasteiger charge is -1.90. The quantitative estimate of drug-likeness (QED) is 0.819. The summed E-state index contributed by atoms with van der Waals surface area (Å²) in [6.07, 6.45) is 0. The summed E-state index contributed by atoms with van der Waals surface area (Å²) < 4.78 is 5.59. The number of carbonyl (C=O) groups is 1. The zero-order valence-electron chi connectivity index (χ0n) is 6.95. The van der Waals surface area contributed by atoms with E-state index in [1.807, 2.05) is 0 Å². The van der Waals surface area contributed by atoms with Gasteiger partial charge in [-0.2, -0.15) is 0 Å². The number of aromatic hydroxyl groups is 1. The molecule has 0 saturated carbocycles. The van der Waals surface area contributed by atoms with Crippen LogP contribution in [0.15, 0.2) is 27.1 Å². The number of halogens is 1. The Morgan fingerprint density at radius 3 is 2.79 bits per heavy atom. The number of para-hydroxylation sites is 1. The molecule has 1 amide bonds. The monoisotopic (exact) mass is 255 g/mol. The molecule has 3 N–H and O–H groups in total. The van der Waals surface area contributed by atoms with Gasteiger partial charge in [0.05, 0.1) is 4.47 Å². The molecule has 0 fully saturated rings. The normalized spacial score (nSPS) is 10.6. The van der Waals surface area contributed by atoms with E-state index in [0.717, 1.165) is 0 Å². The number of fused-ring (bicyclic) bond motifs is 1. The van der Waals surface area contributed by atoms with Crippen LogP contribution in [0.4, 0.5) is 0 Å². The van der Waals surface area contributed by atoms with E-state index in [-0.39, 0.29) is 17.1 Å². The van der Waals surface area contributed by atoms with Crippen LogP contribution in [-0.4, -0.2) is 11.0 Å². The van der Waals surface area contributed by atoms with Crippen LogP contribution in [-0.2, 0) is 0 Å². The molecular weight excluding hydrogens is 250 g/mol. The van der Waals surface area contributed by atoms with E-state index in [4.69, 9.17) is 10.2 Å². The number of furan rings is 1. The molecule has 5 heteroatoms. The number of rotatable bonds is 1. The molecule has 0 unspecified atom stereocenters. The molecule has 0 aliphatic rings. The molecule has 1 heterocycles. The first kappa shape index (κ1) is 9.08. The predicted molar refractivity (Wildman–Crippen MR) is 54.1 cm³/mol. The first-order valence-electron chi connectivity index (χ1n) is 3.81. The van der Waals surface area contributed by atoms with E-state index in [2.05, 4.69) is 15.9 Å². The Bertz CT molecular complexity index is 518. The molecule has 0 aliphatic carbocycles. The van der Waals surface area contributed by atoms with Gasteiger partial charge in [-0.15, -0.1) is 0 Å². The fraction of sp³-hybridized carbons (Fsp3) is 0. The first-order chi connectivity index (χ1) is 6.61. The molecule has 2 rings (SSSR count). The number of hydrogen-bond donors (Lipinski definition) is 2. The number of amides is 1. The summed E-state index contributed by atoms with van der Waals surface area (Å²) in [5.41, 5.74) is 5.34. The second-order valence-corrected chi connectivity index (χ2v) is 3.56. The Labute approximate surface area is 87.4 Å². The molecule has 0 bridgehead atoms. The summed E-state index contributed by atoms with van der Waals surface area (Å²) in [4.78, 5) is 10.9. The van der Waals surface area contributed by atoms with Crippen LogP contribution in [0.25, 0.3) is 11.0 Å². The van der Waals surface area contributed by atoms with Gasteiger partial charge in [-0.05, 0) is 28.1 Å². The number of hydrogen-bond acceptors (Lipinski definition) is 3. The van der Waals surface area contributed by atoms with Crippen molar-refractivity contribution >= 4 is 32.8 Å².